The number of aromatic nitrogens is 2. The third kappa shape index (κ3) is 5.74. The predicted octanol–water partition coefficient (Wildman–Crippen LogP) is 6.27. The molecule has 5 rings (SSSR count). The van der Waals surface area contributed by atoms with Crippen molar-refractivity contribution in [3.63, 3.8) is 0 Å². The fourth-order valence-electron chi connectivity index (χ4n) is 4.80. The highest BCUT2D eigenvalue weighted by Gasteiger charge is 2.25. The molecule has 5 nitrogen and oxygen atoms in total. The molecule has 0 bridgehead atoms. The van der Waals surface area contributed by atoms with Crippen LogP contribution in [-0.4, -0.2) is 22.1 Å². The Labute approximate surface area is 222 Å². The largest absolute Gasteiger partial charge is 0.306 e. The van der Waals surface area contributed by atoms with Crippen molar-refractivity contribution in [2.75, 3.05) is 6.54 Å². The van der Waals surface area contributed by atoms with E-state index >= 15 is 4.39 Å². The van der Waals surface area contributed by atoms with Gasteiger partial charge in [-0.2, -0.15) is 10.4 Å². The molecule has 1 aliphatic carbocycles. The minimum atomic E-state index is -0.412. The lowest BCUT2D eigenvalue weighted by Gasteiger charge is -2.21. The van der Waals surface area contributed by atoms with E-state index < -0.39 is 5.82 Å². The molecule has 1 N–H and O–H groups in total. The number of ketones is 1. The number of carbonyl (C=O) groups is 1. The van der Waals surface area contributed by atoms with Gasteiger partial charge in [0.05, 0.1) is 29.1 Å². The molecule has 0 spiro atoms. The number of hydrogen-bond acceptors (Lipinski definition) is 4. The summed E-state index contributed by atoms with van der Waals surface area (Å²) in [5.41, 5.74) is 5.86. The van der Waals surface area contributed by atoms with Crippen LogP contribution in [0.1, 0.15) is 69.8 Å². The average Bonchev–Trinajstić information content (AvgIpc) is 3.69. The van der Waals surface area contributed by atoms with E-state index in [4.69, 9.17) is 0 Å². The van der Waals surface area contributed by atoms with Crippen molar-refractivity contribution in [3.8, 4) is 11.8 Å². The van der Waals surface area contributed by atoms with Gasteiger partial charge in [0.15, 0.2) is 5.78 Å². The molecular weight excluding hydrogens is 475 g/mol. The monoisotopic (exact) mass is 506 g/mol. The zero-order valence-corrected chi connectivity index (χ0v) is 21.7. The summed E-state index contributed by atoms with van der Waals surface area (Å²) in [7, 11) is 0. The molecular formula is C32H31FN4O. The van der Waals surface area contributed by atoms with Crippen LogP contribution in [-0.2, 0) is 12.8 Å². The number of benzene rings is 3. The van der Waals surface area contributed by atoms with Crippen molar-refractivity contribution in [1.29, 1.82) is 5.26 Å². The van der Waals surface area contributed by atoms with E-state index in [0.717, 1.165) is 41.0 Å². The second-order valence-electron chi connectivity index (χ2n) is 10.1. The van der Waals surface area contributed by atoms with E-state index in [9.17, 15) is 10.1 Å². The van der Waals surface area contributed by atoms with Crippen LogP contribution in [0.3, 0.4) is 0 Å². The number of rotatable bonds is 10. The molecule has 38 heavy (non-hydrogen) atoms. The highest BCUT2D eigenvalue weighted by molar-refractivity contribution is 5.96. The Morgan fingerprint density at radius 1 is 1.11 bits per heavy atom. The number of Topliss-reactive ketones (excluding diaryl/α,β-unsaturated/α-hetero) is 1. The molecule has 1 saturated carbocycles. The molecule has 0 unspecified atom stereocenters. The van der Waals surface area contributed by atoms with Crippen molar-refractivity contribution in [1.82, 2.24) is 15.1 Å². The molecule has 1 aromatic heterocycles. The Balaban J connectivity index is 1.45. The van der Waals surface area contributed by atoms with E-state index in [1.807, 2.05) is 49.4 Å². The number of nitriles is 1. The van der Waals surface area contributed by atoms with Crippen LogP contribution in [0, 0.1) is 30.0 Å². The van der Waals surface area contributed by atoms with Gasteiger partial charge < -0.3 is 5.32 Å². The molecule has 1 atom stereocenters. The molecule has 0 amide bonds. The highest BCUT2D eigenvalue weighted by atomic mass is 19.1. The molecule has 192 valence electrons. The van der Waals surface area contributed by atoms with Gasteiger partial charge >= 0.3 is 0 Å². The number of carbonyl (C=O) groups excluding carboxylic acids is 1. The first-order valence-corrected chi connectivity index (χ1v) is 13.2. The Morgan fingerprint density at radius 2 is 1.89 bits per heavy atom. The summed E-state index contributed by atoms with van der Waals surface area (Å²) in [5.74, 6) is 0.0370. The van der Waals surface area contributed by atoms with Crippen molar-refractivity contribution >= 4 is 5.78 Å². The molecule has 6 heteroatoms. The highest BCUT2D eigenvalue weighted by Crippen LogP contribution is 2.31. The van der Waals surface area contributed by atoms with Gasteiger partial charge in [-0.1, -0.05) is 43.3 Å². The molecule has 4 aromatic rings. The maximum Gasteiger partial charge on any atom is 0.185 e. The minimum absolute atomic E-state index is 0.0775. The molecule has 0 saturated heterocycles. The van der Waals surface area contributed by atoms with Crippen molar-refractivity contribution < 1.29 is 9.18 Å². The van der Waals surface area contributed by atoms with Crippen LogP contribution in [0.15, 0.2) is 72.8 Å². The first kappa shape index (κ1) is 25.6. The Hall–Kier alpha value is -4.08. The molecule has 1 aliphatic rings. The summed E-state index contributed by atoms with van der Waals surface area (Å²) in [6.45, 7) is 4.78. The van der Waals surface area contributed by atoms with Gasteiger partial charge in [-0.15, -0.1) is 0 Å². The normalized spacial score (nSPS) is 13.7. The van der Waals surface area contributed by atoms with Gasteiger partial charge in [0, 0.05) is 6.42 Å². The van der Waals surface area contributed by atoms with Crippen LogP contribution in [0.4, 0.5) is 4.39 Å². The lowest BCUT2D eigenvalue weighted by molar-refractivity contribution is 0.0984. The minimum Gasteiger partial charge on any atom is -0.306 e. The maximum absolute atomic E-state index is 15.0. The Morgan fingerprint density at radius 3 is 2.66 bits per heavy atom. The summed E-state index contributed by atoms with van der Waals surface area (Å²) in [4.78, 5) is 13.5. The van der Waals surface area contributed by atoms with Gasteiger partial charge in [-0.25, -0.2) is 9.07 Å². The SMILES string of the molecule is CCc1cccc(-n2nc(C)cc2C(=O)Cc2cc([C@H](NCC3CC3)c3cccc(C#N)c3)ccc2F)c1. The Kier molecular flexibility index (Phi) is 7.48. The smallest absolute Gasteiger partial charge is 0.185 e. The second kappa shape index (κ2) is 11.1. The zero-order valence-electron chi connectivity index (χ0n) is 21.7. The first-order chi connectivity index (χ1) is 18.4. The third-order valence-electron chi connectivity index (χ3n) is 7.09. The van der Waals surface area contributed by atoms with E-state index in [1.54, 1.807) is 28.9 Å². The van der Waals surface area contributed by atoms with Crippen LogP contribution < -0.4 is 5.32 Å². The summed E-state index contributed by atoms with van der Waals surface area (Å²) in [6.07, 6.45) is 3.21. The van der Waals surface area contributed by atoms with Gasteiger partial charge in [0.25, 0.3) is 0 Å². The number of halogens is 1. The van der Waals surface area contributed by atoms with E-state index in [1.165, 1.54) is 18.9 Å². The fraction of sp³-hybridized carbons (Fsp3) is 0.281. The predicted molar refractivity (Wildman–Crippen MR) is 146 cm³/mol. The van der Waals surface area contributed by atoms with Crippen LogP contribution in [0.25, 0.3) is 5.69 Å². The number of hydrogen-bond donors (Lipinski definition) is 1. The van der Waals surface area contributed by atoms with Gasteiger partial charge in [0.2, 0.25) is 0 Å². The number of nitrogens with zero attached hydrogens (tertiary/aromatic N) is 3. The lowest BCUT2D eigenvalue weighted by atomic mass is 9.94. The second-order valence-corrected chi connectivity index (χ2v) is 10.1. The standard InChI is InChI=1S/C32H31FN4O/c1-3-22-6-5-9-28(16-22)37-30(14-21(2)36-37)31(38)18-27-17-26(12-13-29(27)33)32(35-20-23-10-11-23)25-8-4-7-24(15-25)19-34/h4-9,12-17,23,32,35H,3,10-11,18,20H2,1-2H3/t32-/m1/s1. The van der Waals surface area contributed by atoms with Gasteiger partial charge in [-0.05, 0) is 97.3 Å². The van der Waals surface area contributed by atoms with Gasteiger partial charge in [-0.3, -0.25) is 4.79 Å². The first-order valence-electron chi connectivity index (χ1n) is 13.2. The summed E-state index contributed by atoms with van der Waals surface area (Å²) in [5, 5.41) is 17.6. The zero-order chi connectivity index (χ0) is 26.6. The maximum atomic E-state index is 15.0. The number of aryl methyl sites for hydroxylation is 2. The van der Waals surface area contributed by atoms with E-state index in [0.29, 0.717) is 22.7 Å². The van der Waals surface area contributed by atoms with Gasteiger partial charge in [0.1, 0.15) is 11.5 Å². The topological polar surface area (TPSA) is 70.7 Å². The van der Waals surface area contributed by atoms with Crippen LogP contribution in [0.2, 0.25) is 0 Å². The molecule has 0 radical (unpaired) electrons. The molecule has 1 heterocycles. The third-order valence-corrected chi connectivity index (χ3v) is 7.09. The van der Waals surface area contributed by atoms with E-state index in [-0.39, 0.29) is 18.2 Å². The van der Waals surface area contributed by atoms with Crippen LogP contribution >= 0.6 is 0 Å². The fourth-order valence-corrected chi connectivity index (χ4v) is 4.80. The van der Waals surface area contributed by atoms with Crippen LogP contribution in [0.5, 0.6) is 0 Å². The van der Waals surface area contributed by atoms with E-state index in [2.05, 4.69) is 23.4 Å². The van der Waals surface area contributed by atoms with Crippen molar-refractivity contribution in [3.05, 3.63) is 118 Å². The summed E-state index contributed by atoms with van der Waals surface area (Å²) < 4.78 is 16.7. The van der Waals surface area contributed by atoms with Crippen molar-refractivity contribution in [2.24, 2.45) is 5.92 Å². The molecule has 1 fully saturated rings. The average molecular weight is 507 g/mol. The number of nitrogens with one attached hydrogen (secondary N) is 1. The summed E-state index contributed by atoms with van der Waals surface area (Å²) in [6, 6.07) is 24.2. The Bertz CT molecular complexity index is 1510. The molecule has 3 aromatic carbocycles. The van der Waals surface area contributed by atoms with Crippen molar-refractivity contribution in [2.45, 2.75) is 45.6 Å². The molecule has 0 aliphatic heterocycles. The summed E-state index contributed by atoms with van der Waals surface area (Å²) >= 11 is 0. The quantitative estimate of drug-likeness (QED) is 0.258. The lowest BCUT2D eigenvalue weighted by Crippen LogP contribution is -2.25.